The van der Waals surface area contributed by atoms with Crippen molar-refractivity contribution in [3.8, 4) is 16.9 Å². The van der Waals surface area contributed by atoms with Gasteiger partial charge in [0.15, 0.2) is 0 Å². The van der Waals surface area contributed by atoms with Crippen LogP contribution in [-0.4, -0.2) is 63.5 Å². The quantitative estimate of drug-likeness (QED) is 0.623. The molecule has 3 aliphatic rings. The number of rotatable bonds is 5. The zero-order chi connectivity index (χ0) is 23.4. The number of carbonyl (C=O) groups excluding carboxylic acids is 1. The van der Waals surface area contributed by atoms with Crippen molar-refractivity contribution >= 4 is 16.8 Å². The number of carbonyl (C=O) groups is 1. The molecule has 0 spiro atoms. The number of nitrogens with one attached hydrogen (secondary N) is 1. The summed E-state index contributed by atoms with van der Waals surface area (Å²) in [6.07, 6.45) is 6.67. The van der Waals surface area contributed by atoms with Crippen molar-refractivity contribution in [3.05, 3.63) is 30.2 Å². The summed E-state index contributed by atoms with van der Waals surface area (Å²) in [6, 6.07) is 4.25. The van der Waals surface area contributed by atoms with Gasteiger partial charge in [-0.3, -0.25) is 14.2 Å². The molecule has 6 rings (SSSR count). The van der Waals surface area contributed by atoms with Gasteiger partial charge in [-0.05, 0) is 44.4 Å². The molecule has 1 amide bonds. The molecule has 0 unspecified atom stereocenters. The Morgan fingerprint density at radius 2 is 2.15 bits per heavy atom. The molecule has 3 aliphatic heterocycles. The molecule has 0 saturated carbocycles. The molecule has 1 N–H and O–H groups in total. The van der Waals surface area contributed by atoms with E-state index in [4.69, 9.17) is 19.3 Å². The third-order valence-corrected chi connectivity index (χ3v) is 7.62. The summed E-state index contributed by atoms with van der Waals surface area (Å²) in [5, 5.41) is 13.3. The standard InChI is InChI=1S/C25H31N5O4/c1-14-24-19(28-29(14)3)7-16(8-22(24)34-15(2)17-9-23(31)26-10-17)18-11-27-30(12-18)20-13-33-21-5-4-6-32-25(20)21/h7-8,11-12,15,17,20-21,25H,4-6,9-10,13H2,1-3H3,(H,26,31)/t15-,17-,20-,21-,25-/m1/s1. The summed E-state index contributed by atoms with van der Waals surface area (Å²) in [5.74, 6) is 1.03. The van der Waals surface area contributed by atoms with Gasteiger partial charge in [-0.1, -0.05) is 0 Å². The zero-order valence-corrected chi connectivity index (χ0v) is 19.9. The van der Waals surface area contributed by atoms with E-state index in [2.05, 4.69) is 28.7 Å². The second-order valence-electron chi connectivity index (χ2n) is 9.79. The molecule has 9 nitrogen and oxygen atoms in total. The lowest BCUT2D eigenvalue weighted by Gasteiger charge is -2.27. The molecule has 9 heteroatoms. The fourth-order valence-corrected chi connectivity index (χ4v) is 5.48. The first kappa shape index (κ1) is 21.6. The van der Waals surface area contributed by atoms with Crippen molar-refractivity contribution < 1.29 is 19.0 Å². The molecule has 34 heavy (non-hydrogen) atoms. The maximum atomic E-state index is 11.7. The topological polar surface area (TPSA) is 92.4 Å². The van der Waals surface area contributed by atoms with Crippen molar-refractivity contribution in [2.45, 2.75) is 57.5 Å². The van der Waals surface area contributed by atoms with Gasteiger partial charge in [0, 0.05) is 50.0 Å². The molecule has 1 aromatic carbocycles. The lowest BCUT2D eigenvalue weighted by Crippen LogP contribution is -2.35. The van der Waals surface area contributed by atoms with Gasteiger partial charge in [0.1, 0.15) is 24.0 Å². The van der Waals surface area contributed by atoms with Crippen LogP contribution in [0.1, 0.15) is 37.9 Å². The van der Waals surface area contributed by atoms with Crippen molar-refractivity contribution in [2.75, 3.05) is 19.8 Å². The van der Waals surface area contributed by atoms with Crippen LogP contribution in [0.4, 0.5) is 0 Å². The Balaban J connectivity index is 1.33. The lowest BCUT2D eigenvalue weighted by molar-refractivity contribution is -0.119. The molecule has 0 bridgehead atoms. The molecular weight excluding hydrogens is 434 g/mol. The summed E-state index contributed by atoms with van der Waals surface area (Å²) in [5.41, 5.74) is 3.93. The molecule has 3 fully saturated rings. The lowest BCUT2D eigenvalue weighted by atomic mass is 10.0. The fourth-order valence-electron chi connectivity index (χ4n) is 5.48. The van der Waals surface area contributed by atoms with Gasteiger partial charge in [-0.25, -0.2) is 0 Å². The van der Waals surface area contributed by atoms with Gasteiger partial charge in [0.2, 0.25) is 5.91 Å². The summed E-state index contributed by atoms with van der Waals surface area (Å²) < 4.78 is 22.4. The predicted molar refractivity (Wildman–Crippen MR) is 126 cm³/mol. The maximum Gasteiger partial charge on any atom is 0.220 e. The van der Waals surface area contributed by atoms with Crippen LogP contribution in [0.15, 0.2) is 24.5 Å². The van der Waals surface area contributed by atoms with Crippen molar-refractivity contribution in [1.82, 2.24) is 24.9 Å². The van der Waals surface area contributed by atoms with E-state index in [1.165, 1.54) is 0 Å². The molecular formula is C25H31N5O4. The molecule has 5 atom stereocenters. The van der Waals surface area contributed by atoms with Crippen LogP contribution in [0.25, 0.3) is 22.0 Å². The first-order valence-corrected chi connectivity index (χ1v) is 12.2. The van der Waals surface area contributed by atoms with Crippen LogP contribution in [0.2, 0.25) is 0 Å². The van der Waals surface area contributed by atoms with E-state index >= 15 is 0 Å². The molecule has 0 aliphatic carbocycles. The molecule has 5 heterocycles. The van der Waals surface area contributed by atoms with E-state index in [9.17, 15) is 4.79 Å². The average molecular weight is 466 g/mol. The minimum Gasteiger partial charge on any atom is -0.490 e. The van der Waals surface area contributed by atoms with Crippen LogP contribution in [-0.2, 0) is 21.3 Å². The summed E-state index contributed by atoms with van der Waals surface area (Å²) in [4.78, 5) is 11.7. The number of nitrogens with zero attached hydrogens (tertiary/aromatic N) is 4. The van der Waals surface area contributed by atoms with Crippen molar-refractivity contribution in [1.29, 1.82) is 0 Å². The number of aromatic nitrogens is 4. The van der Waals surface area contributed by atoms with Crippen LogP contribution < -0.4 is 10.1 Å². The first-order valence-electron chi connectivity index (χ1n) is 12.2. The van der Waals surface area contributed by atoms with E-state index in [1.54, 1.807) is 0 Å². The average Bonchev–Trinajstić information content (AvgIpc) is 3.60. The number of benzene rings is 1. The molecule has 2 aromatic heterocycles. The minimum atomic E-state index is -0.101. The van der Waals surface area contributed by atoms with Gasteiger partial charge in [0.05, 0.1) is 29.8 Å². The highest BCUT2D eigenvalue weighted by molar-refractivity contribution is 5.92. The van der Waals surface area contributed by atoms with Gasteiger partial charge >= 0.3 is 0 Å². The molecule has 0 radical (unpaired) electrons. The van der Waals surface area contributed by atoms with Gasteiger partial charge in [0.25, 0.3) is 0 Å². The van der Waals surface area contributed by atoms with E-state index in [-0.39, 0.29) is 36.2 Å². The second kappa shape index (κ2) is 8.39. The Morgan fingerprint density at radius 3 is 2.97 bits per heavy atom. The Kier molecular flexibility index (Phi) is 5.33. The monoisotopic (exact) mass is 465 g/mol. The van der Waals surface area contributed by atoms with E-state index in [0.29, 0.717) is 19.6 Å². The van der Waals surface area contributed by atoms with Crippen LogP contribution in [0.3, 0.4) is 0 Å². The highest BCUT2D eigenvalue weighted by Gasteiger charge is 2.41. The SMILES string of the molecule is Cc1c2c(O[C@H](C)[C@H]3CNC(=O)C3)cc(-c3cnn([C@@H]4CO[C@@H]5CCCO[C@H]45)c3)cc2nn1C. The van der Waals surface area contributed by atoms with Crippen LogP contribution in [0.5, 0.6) is 5.75 Å². The minimum absolute atomic E-state index is 0.0601. The summed E-state index contributed by atoms with van der Waals surface area (Å²) in [6.45, 7) is 6.13. The maximum absolute atomic E-state index is 11.7. The van der Waals surface area contributed by atoms with Gasteiger partial charge in [-0.2, -0.15) is 10.2 Å². The zero-order valence-electron chi connectivity index (χ0n) is 19.9. The first-order chi connectivity index (χ1) is 16.5. The number of aryl methyl sites for hydroxylation is 2. The highest BCUT2D eigenvalue weighted by Crippen LogP contribution is 2.37. The number of ether oxygens (including phenoxy) is 3. The molecule has 3 saturated heterocycles. The molecule has 180 valence electrons. The van der Waals surface area contributed by atoms with E-state index in [1.807, 2.05) is 36.5 Å². The number of hydrogen-bond donors (Lipinski definition) is 1. The largest absolute Gasteiger partial charge is 0.490 e. The smallest absolute Gasteiger partial charge is 0.220 e. The van der Waals surface area contributed by atoms with Crippen molar-refractivity contribution in [2.24, 2.45) is 13.0 Å². The third-order valence-electron chi connectivity index (χ3n) is 7.62. The highest BCUT2D eigenvalue weighted by atomic mass is 16.6. The van der Waals surface area contributed by atoms with E-state index in [0.717, 1.165) is 52.9 Å². The predicted octanol–water partition coefficient (Wildman–Crippen LogP) is 2.77. The number of fused-ring (bicyclic) bond motifs is 2. The summed E-state index contributed by atoms with van der Waals surface area (Å²) in [7, 11) is 1.94. The Hall–Kier alpha value is -2.91. The van der Waals surface area contributed by atoms with Crippen molar-refractivity contribution in [3.63, 3.8) is 0 Å². The third kappa shape index (κ3) is 3.67. The normalized spacial score (nSPS) is 27.7. The number of hydrogen-bond acceptors (Lipinski definition) is 6. The Morgan fingerprint density at radius 1 is 1.26 bits per heavy atom. The van der Waals surface area contributed by atoms with Crippen LogP contribution >= 0.6 is 0 Å². The van der Waals surface area contributed by atoms with Gasteiger partial charge in [-0.15, -0.1) is 0 Å². The van der Waals surface area contributed by atoms with E-state index < -0.39 is 0 Å². The van der Waals surface area contributed by atoms with Crippen LogP contribution in [0, 0.1) is 12.8 Å². The Bertz CT molecular complexity index is 1230. The fraction of sp³-hybridized carbons (Fsp3) is 0.560. The Labute approximate surface area is 198 Å². The second-order valence-corrected chi connectivity index (χ2v) is 9.79. The van der Waals surface area contributed by atoms with Gasteiger partial charge < -0.3 is 19.5 Å². The summed E-state index contributed by atoms with van der Waals surface area (Å²) >= 11 is 0. The molecule has 3 aromatic rings. The number of amides is 1.